The Morgan fingerprint density at radius 2 is 1.57 bits per heavy atom. The molecule has 1 amide bonds. The molecule has 0 aliphatic heterocycles. The van der Waals surface area contributed by atoms with Crippen LogP contribution in [0.2, 0.25) is 0 Å². The molecule has 49 heavy (non-hydrogen) atoms. The van der Waals surface area contributed by atoms with Crippen molar-refractivity contribution in [3.63, 3.8) is 0 Å². The summed E-state index contributed by atoms with van der Waals surface area (Å²) in [6, 6.07) is 25.0. The molecule has 0 aliphatic carbocycles. The number of aliphatic hydroxyl groups excluding tert-OH is 1. The van der Waals surface area contributed by atoms with Crippen LogP contribution in [0.15, 0.2) is 85.1 Å². The summed E-state index contributed by atoms with van der Waals surface area (Å²) in [5.41, 5.74) is 8.81. The number of carboxylic acid groups (broad SMARTS) is 2. The van der Waals surface area contributed by atoms with Crippen LogP contribution in [0.3, 0.4) is 0 Å². The minimum absolute atomic E-state index is 0.0256. The van der Waals surface area contributed by atoms with E-state index in [1.54, 1.807) is 12.1 Å². The molecular formula is C37H44N4O8. The Kier molecular flexibility index (Phi) is 14.1. The number of nitrogens with two attached hydrogens (primary N) is 1. The number of carbonyl (C=O) groups is 3. The lowest BCUT2D eigenvalue weighted by atomic mass is 10.0. The first-order valence-corrected chi connectivity index (χ1v) is 15.8. The average molecular weight is 673 g/mol. The molecule has 0 radical (unpaired) electrons. The third kappa shape index (κ3) is 12.6. The highest BCUT2D eigenvalue weighted by Crippen LogP contribution is 2.33. The van der Waals surface area contributed by atoms with Gasteiger partial charge in [0.1, 0.15) is 24.2 Å². The van der Waals surface area contributed by atoms with E-state index in [1.807, 2.05) is 61.5 Å². The van der Waals surface area contributed by atoms with Crippen molar-refractivity contribution in [2.24, 2.45) is 5.73 Å². The van der Waals surface area contributed by atoms with Crippen LogP contribution in [0.25, 0.3) is 21.8 Å². The van der Waals surface area contributed by atoms with E-state index in [2.05, 4.69) is 48.2 Å². The molecule has 2 aromatic heterocycles. The number of pyridine rings is 1. The van der Waals surface area contributed by atoms with Gasteiger partial charge in [-0.25, -0.2) is 4.98 Å². The summed E-state index contributed by atoms with van der Waals surface area (Å²) in [5.74, 6) is -0.716. The molecule has 7 N–H and O–H groups in total. The van der Waals surface area contributed by atoms with E-state index in [9.17, 15) is 19.5 Å². The summed E-state index contributed by atoms with van der Waals surface area (Å²) >= 11 is 0. The summed E-state index contributed by atoms with van der Waals surface area (Å²) in [5, 5.41) is 31.6. The molecular weight excluding hydrogens is 628 g/mol. The molecule has 2 heterocycles. The second kappa shape index (κ2) is 18.2. The minimum atomic E-state index is -1.08. The molecule has 0 spiro atoms. The summed E-state index contributed by atoms with van der Waals surface area (Å²) in [4.78, 5) is 37.5. The number of hydrogen-bond acceptors (Lipinski definition) is 8. The monoisotopic (exact) mass is 672 g/mol. The normalized spacial score (nSPS) is 11.4. The Balaban J connectivity index is 0.000000226. The van der Waals surface area contributed by atoms with Gasteiger partial charge >= 0.3 is 11.9 Å². The zero-order valence-corrected chi connectivity index (χ0v) is 28.1. The van der Waals surface area contributed by atoms with E-state index in [-0.39, 0.29) is 25.0 Å². The van der Waals surface area contributed by atoms with Crippen molar-refractivity contribution in [3.05, 3.63) is 96.2 Å². The number of hydrogen-bond donors (Lipinski definition) is 6. The van der Waals surface area contributed by atoms with Crippen LogP contribution in [0.4, 0.5) is 0 Å². The van der Waals surface area contributed by atoms with Gasteiger partial charge in [0.15, 0.2) is 0 Å². The molecule has 0 saturated carbocycles. The number of benzene rings is 3. The Hall–Kier alpha value is -5.46. The summed E-state index contributed by atoms with van der Waals surface area (Å²) in [6.45, 7) is 9.19. The zero-order chi connectivity index (χ0) is 36.0. The maximum absolute atomic E-state index is 10.8. The van der Waals surface area contributed by atoms with Crippen LogP contribution < -0.4 is 20.5 Å². The number of nitrogens with one attached hydrogen (secondary N) is 2. The number of fused-ring (bicyclic) bond motifs is 3. The van der Waals surface area contributed by atoms with E-state index >= 15 is 0 Å². The molecule has 1 atom stereocenters. The molecule has 12 nitrogen and oxygen atoms in total. The number of primary amides is 1. The molecule has 0 unspecified atom stereocenters. The van der Waals surface area contributed by atoms with E-state index in [0.717, 1.165) is 39.5 Å². The van der Waals surface area contributed by atoms with Gasteiger partial charge in [-0.2, -0.15) is 0 Å². The second-order valence-electron chi connectivity index (χ2n) is 11.9. The first-order chi connectivity index (χ1) is 23.3. The lowest BCUT2D eigenvalue weighted by Gasteiger charge is -2.26. The number of H-pyrrole nitrogens is 1. The van der Waals surface area contributed by atoms with E-state index < -0.39 is 23.9 Å². The third-order valence-corrected chi connectivity index (χ3v) is 7.44. The molecule has 0 aliphatic rings. The number of aryl methyl sites for hydroxylation is 1. The Morgan fingerprint density at radius 3 is 2.16 bits per heavy atom. The van der Waals surface area contributed by atoms with E-state index in [1.165, 1.54) is 6.20 Å². The molecule has 5 rings (SSSR count). The quantitative estimate of drug-likeness (QED) is 0.0856. The topological polar surface area (TPSA) is 197 Å². The second-order valence-corrected chi connectivity index (χ2v) is 11.9. The largest absolute Gasteiger partial charge is 0.490 e. The standard InChI is InChI=1S/C20H26N2O2.C13H12N2O2.C4H6O4/c1-4-20(2,3)21-12-14(23)13-24-18-11-7-10-17-19(18)15-8-5-6-9-16(15)22-17;1-9-2-5-11(6-3-9)17-12-7-4-10(8-15-12)13(14)16;5-3(6)1-2-4(7)8/h5-11,14,21-23H,4,12-13H2,1-3H3;2-8H,1H3,(H2,14,16);1-2H2,(H,5,6)(H,7,8)/t14-;;/m0../s1. The van der Waals surface area contributed by atoms with Gasteiger partial charge in [0, 0.05) is 40.6 Å². The first kappa shape index (κ1) is 38.0. The number of aliphatic hydroxyl groups is 1. The van der Waals surface area contributed by atoms with Gasteiger partial charge in [-0.3, -0.25) is 14.4 Å². The predicted octanol–water partition coefficient (Wildman–Crippen LogP) is 6.06. The van der Waals surface area contributed by atoms with Crippen LogP contribution in [0.1, 0.15) is 56.0 Å². The van der Waals surface area contributed by atoms with Crippen LogP contribution in [0, 0.1) is 6.92 Å². The lowest BCUT2D eigenvalue weighted by Crippen LogP contribution is -2.44. The van der Waals surface area contributed by atoms with Gasteiger partial charge in [-0.15, -0.1) is 0 Å². The first-order valence-electron chi connectivity index (χ1n) is 15.8. The highest BCUT2D eigenvalue weighted by atomic mass is 16.5. The van der Waals surface area contributed by atoms with Crippen LogP contribution >= 0.6 is 0 Å². The molecule has 0 fully saturated rings. The van der Waals surface area contributed by atoms with Crippen molar-refractivity contribution in [1.29, 1.82) is 0 Å². The number of nitrogens with zero attached hydrogens (tertiary/aromatic N) is 1. The van der Waals surface area contributed by atoms with Crippen molar-refractivity contribution in [3.8, 4) is 17.4 Å². The van der Waals surface area contributed by atoms with Crippen LogP contribution in [0.5, 0.6) is 17.4 Å². The van der Waals surface area contributed by atoms with E-state index in [0.29, 0.717) is 23.7 Å². The van der Waals surface area contributed by atoms with Crippen molar-refractivity contribution in [1.82, 2.24) is 15.3 Å². The maximum atomic E-state index is 10.8. The number of rotatable bonds is 13. The Morgan fingerprint density at radius 1 is 0.918 bits per heavy atom. The average Bonchev–Trinajstić information content (AvgIpc) is 3.47. The summed E-state index contributed by atoms with van der Waals surface area (Å²) in [6.07, 6.45) is 1.27. The van der Waals surface area contributed by atoms with E-state index in [4.69, 9.17) is 25.4 Å². The van der Waals surface area contributed by atoms with Crippen molar-refractivity contribution >= 4 is 39.7 Å². The van der Waals surface area contributed by atoms with Crippen LogP contribution in [-0.2, 0) is 9.59 Å². The fourth-order valence-corrected chi connectivity index (χ4v) is 4.28. The number of β-amino-alcohol motifs (C(OH)–C–C–N with tert-alkyl or cyclic N) is 1. The fraction of sp³-hybridized carbons (Fsp3) is 0.297. The SMILES string of the molecule is CCC(C)(C)NC[C@H](O)COc1cccc2[nH]c3ccccc3c12.Cc1ccc(Oc2ccc(C(N)=O)cn2)cc1.O=C(O)CCC(=O)O. The summed E-state index contributed by atoms with van der Waals surface area (Å²) in [7, 11) is 0. The molecule has 3 aromatic carbocycles. The number of carboxylic acids is 2. The number of carbonyl (C=O) groups excluding carboxylic acids is 1. The highest BCUT2D eigenvalue weighted by Gasteiger charge is 2.17. The van der Waals surface area contributed by atoms with Crippen molar-refractivity contribution in [2.75, 3.05) is 13.2 Å². The number of para-hydroxylation sites is 1. The predicted molar refractivity (Wildman–Crippen MR) is 188 cm³/mol. The number of aliphatic carboxylic acids is 2. The fourth-order valence-electron chi connectivity index (χ4n) is 4.28. The molecule has 0 bridgehead atoms. The highest BCUT2D eigenvalue weighted by molar-refractivity contribution is 6.10. The van der Waals surface area contributed by atoms with Gasteiger partial charge in [0.05, 0.1) is 23.9 Å². The molecule has 12 heteroatoms. The van der Waals surface area contributed by atoms with Gasteiger partial charge in [0.2, 0.25) is 11.8 Å². The van der Waals surface area contributed by atoms with Gasteiger partial charge in [0.25, 0.3) is 0 Å². The van der Waals surface area contributed by atoms with Crippen LogP contribution in [-0.4, -0.2) is 67.9 Å². The van der Waals surface area contributed by atoms with Gasteiger partial charge < -0.3 is 40.8 Å². The lowest BCUT2D eigenvalue weighted by molar-refractivity contribution is -0.143. The zero-order valence-electron chi connectivity index (χ0n) is 28.1. The number of aromatic amines is 1. The summed E-state index contributed by atoms with van der Waals surface area (Å²) < 4.78 is 11.4. The number of amides is 1. The maximum Gasteiger partial charge on any atom is 0.303 e. The minimum Gasteiger partial charge on any atom is -0.490 e. The molecule has 260 valence electrons. The van der Waals surface area contributed by atoms with Gasteiger partial charge in [-0.1, -0.05) is 48.9 Å². The Bertz CT molecular complexity index is 1800. The van der Waals surface area contributed by atoms with Gasteiger partial charge in [-0.05, 0) is 63.6 Å². The van der Waals surface area contributed by atoms with Crippen molar-refractivity contribution < 1.29 is 39.2 Å². The number of aromatic nitrogens is 2. The number of ether oxygens (including phenoxy) is 2. The Labute approximate surface area is 284 Å². The smallest absolute Gasteiger partial charge is 0.303 e. The van der Waals surface area contributed by atoms with Crippen molar-refractivity contribution in [2.45, 2.75) is 58.6 Å². The molecule has 5 aromatic rings. The third-order valence-electron chi connectivity index (χ3n) is 7.44. The molecule has 0 saturated heterocycles.